The molecule has 5 rings (SSSR count). The van der Waals surface area contributed by atoms with Crippen molar-refractivity contribution in [2.45, 2.75) is 74.9 Å². The summed E-state index contributed by atoms with van der Waals surface area (Å²) in [5.41, 5.74) is -0.649. The summed E-state index contributed by atoms with van der Waals surface area (Å²) in [6, 6.07) is 7.62. The first-order valence-electron chi connectivity index (χ1n) is 13.3. The SMILES string of the molecule is COc1ccccc1CC(F)(F)C[C@H](NC(=O)ON1CC2(CCN(C3CC3)CC2)C1)C(=O)NC1(C#N)CC1. The third-order valence-corrected chi connectivity index (χ3v) is 8.24. The average Bonchev–Trinajstić information content (AvgIpc) is 3.79. The standard InChI is InChI=1S/C27H35F2N5O4/c1-37-22-5-3-2-4-19(22)14-27(28,29)15-21(23(35)32-26(16-30)8-9-26)31-24(36)38-34-17-25(18-34)10-12-33(13-11-25)20-6-7-20/h2-5,20-21H,6-15,17-18H2,1H3,(H,31,36)(H,32,35)/t21-/m0/s1. The molecule has 206 valence electrons. The van der Waals surface area contributed by atoms with Gasteiger partial charge in [-0.15, -0.1) is 5.06 Å². The van der Waals surface area contributed by atoms with Gasteiger partial charge in [0, 0.05) is 43.0 Å². The van der Waals surface area contributed by atoms with E-state index < -0.39 is 42.3 Å². The Balaban J connectivity index is 1.18. The lowest BCUT2D eigenvalue weighted by atomic mass is 9.73. The Morgan fingerprint density at radius 3 is 2.47 bits per heavy atom. The Labute approximate surface area is 221 Å². The maximum atomic E-state index is 15.2. The van der Waals surface area contributed by atoms with E-state index in [0.717, 1.165) is 32.0 Å². The van der Waals surface area contributed by atoms with Crippen LogP contribution in [0.25, 0.3) is 0 Å². The van der Waals surface area contributed by atoms with Crippen LogP contribution in [0.3, 0.4) is 0 Å². The van der Waals surface area contributed by atoms with Crippen LogP contribution in [-0.4, -0.2) is 78.8 Å². The van der Waals surface area contributed by atoms with Crippen molar-refractivity contribution in [1.29, 1.82) is 5.26 Å². The molecule has 1 aromatic rings. The number of nitrogens with one attached hydrogen (secondary N) is 2. The molecule has 38 heavy (non-hydrogen) atoms. The number of alkyl halides is 2. The van der Waals surface area contributed by atoms with Gasteiger partial charge in [0.1, 0.15) is 17.3 Å². The maximum Gasteiger partial charge on any atom is 0.426 e. The molecule has 1 atom stereocenters. The molecule has 2 N–H and O–H groups in total. The molecular weight excluding hydrogens is 496 g/mol. The number of para-hydroxylation sites is 1. The highest BCUT2D eigenvalue weighted by Crippen LogP contribution is 2.43. The van der Waals surface area contributed by atoms with Gasteiger partial charge in [-0.25, -0.2) is 13.6 Å². The number of ether oxygens (including phenoxy) is 1. The summed E-state index contributed by atoms with van der Waals surface area (Å²) in [7, 11) is 1.40. The van der Waals surface area contributed by atoms with Crippen LogP contribution < -0.4 is 15.4 Å². The summed E-state index contributed by atoms with van der Waals surface area (Å²) < 4.78 is 35.5. The molecule has 11 heteroatoms. The van der Waals surface area contributed by atoms with Crippen LogP contribution in [0.5, 0.6) is 5.75 Å². The third kappa shape index (κ3) is 6.18. The van der Waals surface area contributed by atoms with E-state index >= 15 is 8.78 Å². The lowest BCUT2D eigenvalue weighted by Crippen LogP contribution is -2.61. The Bertz CT molecular complexity index is 1090. The molecule has 0 bridgehead atoms. The van der Waals surface area contributed by atoms with Gasteiger partial charge in [-0.05, 0) is 57.7 Å². The highest BCUT2D eigenvalue weighted by atomic mass is 19.3. The van der Waals surface area contributed by atoms with Gasteiger partial charge < -0.3 is 25.1 Å². The minimum absolute atomic E-state index is 0.120. The molecule has 2 amide bonds. The second kappa shape index (κ2) is 10.3. The summed E-state index contributed by atoms with van der Waals surface area (Å²) >= 11 is 0. The number of benzene rings is 1. The molecule has 2 aliphatic heterocycles. The van der Waals surface area contributed by atoms with E-state index in [9.17, 15) is 14.9 Å². The molecule has 0 unspecified atom stereocenters. The highest BCUT2D eigenvalue weighted by molar-refractivity contribution is 5.87. The van der Waals surface area contributed by atoms with Crippen molar-refractivity contribution in [2.75, 3.05) is 33.3 Å². The van der Waals surface area contributed by atoms with Crippen LogP contribution in [0.4, 0.5) is 13.6 Å². The monoisotopic (exact) mass is 531 g/mol. The van der Waals surface area contributed by atoms with Crippen LogP contribution in [0, 0.1) is 16.7 Å². The molecule has 2 aliphatic carbocycles. The minimum atomic E-state index is -3.34. The largest absolute Gasteiger partial charge is 0.496 e. The molecule has 9 nitrogen and oxygen atoms in total. The second-order valence-corrected chi connectivity index (χ2v) is 11.4. The fourth-order valence-corrected chi connectivity index (χ4v) is 5.59. The summed E-state index contributed by atoms with van der Waals surface area (Å²) in [4.78, 5) is 33.5. The van der Waals surface area contributed by atoms with Crippen molar-refractivity contribution >= 4 is 12.0 Å². The van der Waals surface area contributed by atoms with Gasteiger partial charge in [0.25, 0.3) is 5.92 Å². The quantitative estimate of drug-likeness (QED) is 0.478. The third-order valence-electron chi connectivity index (χ3n) is 8.24. The summed E-state index contributed by atoms with van der Waals surface area (Å²) in [5.74, 6) is -3.85. The van der Waals surface area contributed by atoms with Crippen molar-refractivity contribution in [3.63, 3.8) is 0 Å². The summed E-state index contributed by atoms with van der Waals surface area (Å²) in [6.07, 6.45) is 2.96. The minimum Gasteiger partial charge on any atom is -0.496 e. The highest BCUT2D eigenvalue weighted by Gasteiger charge is 2.49. The molecule has 2 heterocycles. The number of hydrogen-bond acceptors (Lipinski definition) is 7. The van der Waals surface area contributed by atoms with E-state index in [-0.39, 0.29) is 11.0 Å². The fraction of sp³-hybridized carbons (Fsp3) is 0.667. The first kappa shape index (κ1) is 26.6. The van der Waals surface area contributed by atoms with Gasteiger partial charge in [-0.2, -0.15) is 5.26 Å². The van der Waals surface area contributed by atoms with Gasteiger partial charge in [0.2, 0.25) is 5.91 Å². The summed E-state index contributed by atoms with van der Waals surface area (Å²) in [6.45, 7) is 3.29. The Kier molecular flexibility index (Phi) is 7.22. The van der Waals surface area contributed by atoms with Crippen molar-refractivity contribution < 1.29 is 27.9 Å². The van der Waals surface area contributed by atoms with Crippen LogP contribution >= 0.6 is 0 Å². The second-order valence-electron chi connectivity index (χ2n) is 11.4. The van der Waals surface area contributed by atoms with Gasteiger partial charge in [-0.3, -0.25) is 4.79 Å². The Hall–Kier alpha value is -2.97. The van der Waals surface area contributed by atoms with Crippen molar-refractivity contribution in [1.82, 2.24) is 20.6 Å². The number of nitriles is 1. The molecule has 0 aromatic heterocycles. The van der Waals surface area contributed by atoms with Gasteiger partial charge >= 0.3 is 6.09 Å². The zero-order chi connectivity index (χ0) is 27.0. The normalized spacial score (nSPS) is 23.0. The van der Waals surface area contributed by atoms with Crippen LogP contribution in [-0.2, 0) is 16.1 Å². The van der Waals surface area contributed by atoms with E-state index in [0.29, 0.717) is 31.7 Å². The number of halogens is 2. The number of hydroxylamine groups is 2. The molecule has 4 fully saturated rings. The maximum absolute atomic E-state index is 15.2. The van der Waals surface area contributed by atoms with E-state index in [2.05, 4.69) is 15.5 Å². The van der Waals surface area contributed by atoms with E-state index in [1.54, 1.807) is 18.2 Å². The fourth-order valence-electron chi connectivity index (χ4n) is 5.59. The number of methoxy groups -OCH3 is 1. The molecule has 0 radical (unpaired) electrons. The Morgan fingerprint density at radius 1 is 1.18 bits per heavy atom. The first-order valence-corrected chi connectivity index (χ1v) is 13.3. The van der Waals surface area contributed by atoms with Gasteiger partial charge in [0.15, 0.2) is 0 Å². The number of rotatable bonds is 10. The van der Waals surface area contributed by atoms with Crippen LogP contribution in [0.15, 0.2) is 24.3 Å². The number of likely N-dealkylation sites (tertiary alicyclic amines) is 1. The molecule has 2 saturated carbocycles. The van der Waals surface area contributed by atoms with E-state index in [4.69, 9.17) is 9.57 Å². The van der Waals surface area contributed by atoms with Crippen molar-refractivity contribution in [3.8, 4) is 11.8 Å². The number of nitrogens with zero attached hydrogens (tertiary/aromatic N) is 3. The average molecular weight is 532 g/mol. The Morgan fingerprint density at radius 2 is 1.87 bits per heavy atom. The molecule has 2 saturated heterocycles. The van der Waals surface area contributed by atoms with Crippen molar-refractivity contribution in [2.24, 2.45) is 5.41 Å². The van der Waals surface area contributed by atoms with Gasteiger partial charge in [0.05, 0.1) is 13.2 Å². The van der Waals surface area contributed by atoms with Crippen LogP contribution in [0.2, 0.25) is 0 Å². The van der Waals surface area contributed by atoms with E-state index in [1.807, 2.05) is 6.07 Å². The number of carbonyl (C=O) groups excluding carboxylic acids is 2. The zero-order valence-corrected chi connectivity index (χ0v) is 21.7. The lowest BCUT2D eigenvalue weighted by molar-refractivity contribution is -0.218. The number of piperidine rings is 1. The number of carbonyl (C=O) groups is 2. The topological polar surface area (TPSA) is 107 Å². The molecule has 1 aromatic carbocycles. The smallest absolute Gasteiger partial charge is 0.426 e. The molecule has 4 aliphatic rings. The molecular formula is C27H35F2N5O4. The lowest BCUT2D eigenvalue weighted by Gasteiger charge is -2.52. The predicted molar refractivity (Wildman–Crippen MR) is 133 cm³/mol. The van der Waals surface area contributed by atoms with Crippen molar-refractivity contribution in [3.05, 3.63) is 29.8 Å². The predicted octanol–water partition coefficient (Wildman–Crippen LogP) is 3.01. The first-order chi connectivity index (χ1) is 18.1. The zero-order valence-electron chi connectivity index (χ0n) is 21.7. The molecule has 1 spiro atoms. The van der Waals surface area contributed by atoms with Gasteiger partial charge in [-0.1, -0.05) is 18.2 Å². The number of amides is 2. The number of hydrogen-bond donors (Lipinski definition) is 2. The van der Waals surface area contributed by atoms with E-state index in [1.165, 1.54) is 31.1 Å². The summed E-state index contributed by atoms with van der Waals surface area (Å²) in [5, 5.41) is 15.7. The van der Waals surface area contributed by atoms with Crippen LogP contribution in [0.1, 0.15) is 50.5 Å².